The number of benzene rings is 2. The molecule has 4 nitrogen and oxygen atoms in total. The van der Waals surface area contributed by atoms with E-state index in [1.54, 1.807) is 42.5 Å². The quantitative estimate of drug-likeness (QED) is 0.586. The average molecular weight is 353 g/mol. The average Bonchev–Trinajstić information content (AvgIpc) is 2.53. The molecule has 0 fully saturated rings. The van der Waals surface area contributed by atoms with Gasteiger partial charge in [-0.2, -0.15) is 0 Å². The molecular weight excluding hydrogens is 339 g/mol. The molecule has 2 aromatic carbocycles. The van der Waals surface area contributed by atoms with Gasteiger partial charge in [0.05, 0.1) is 5.02 Å². The van der Waals surface area contributed by atoms with Gasteiger partial charge in [0.2, 0.25) is 0 Å². The van der Waals surface area contributed by atoms with E-state index in [1.165, 1.54) is 6.08 Å². The molecule has 0 aliphatic rings. The van der Waals surface area contributed by atoms with Crippen molar-refractivity contribution < 1.29 is 19.4 Å². The molecule has 0 atom stereocenters. The van der Waals surface area contributed by atoms with Crippen LogP contribution in [0, 0.1) is 0 Å². The predicted molar refractivity (Wildman–Crippen MR) is 90.6 cm³/mol. The largest absolute Gasteiger partial charge is 0.490 e. The minimum Gasteiger partial charge on any atom is -0.490 e. The molecule has 0 aliphatic heterocycles. The Morgan fingerprint density at radius 3 is 2.43 bits per heavy atom. The highest BCUT2D eigenvalue weighted by Crippen LogP contribution is 2.27. The number of carboxylic acids is 1. The Labute approximate surface area is 143 Å². The number of rotatable bonds is 7. The van der Waals surface area contributed by atoms with Gasteiger partial charge in [-0.1, -0.05) is 35.3 Å². The smallest absolute Gasteiger partial charge is 0.328 e. The standard InChI is InChI=1S/C17H14Cl2O4/c18-13-4-7-15(19)16(11-13)23-10-9-22-14-5-1-12(2-6-14)3-8-17(20)21/h1-8,11H,9-10H2,(H,20,21). The number of hydrogen-bond donors (Lipinski definition) is 1. The summed E-state index contributed by atoms with van der Waals surface area (Å²) in [6.07, 6.45) is 2.59. The Morgan fingerprint density at radius 2 is 1.74 bits per heavy atom. The molecule has 0 unspecified atom stereocenters. The van der Waals surface area contributed by atoms with Crippen LogP contribution in [0.1, 0.15) is 5.56 Å². The van der Waals surface area contributed by atoms with Crippen LogP contribution < -0.4 is 9.47 Å². The Balaban J connectivity index is 1.80. The van der Waals surface area contributed by atoms with Gasteiger partial charge in [-0.25, -0.2) is 4.79 Å². The molecule has 0 amide bonds. The van der Waals surface area contributed by atoms with Gasteiger partial charge in [0.1, 0.15) is 24.7 Å². The first kappa shape index (κ1) is 17.2. The van der Waals surface area contributed by atoms with Crippen LogP contribution in [-0.2, 0) is 4.79 Å². The Bertz CT molecular complexity index is 696. The summed E-state index contributed by atoms with van der Waals surface area (Å²) in [6, 6.07) is 12.1. The molecule has 0 saturated carbocycles. The van der Waals surface area contributed by atoms with E-state index >= 15 is 0 Å². The number of carboxylic acid groups (broad SMARTS) is 1. The third kappa shape index (κ3) is 5.85. The molecule has 1 N–H and O–H groups in total. The van der Waals surface area contributed by atoms with Crippen molar-refractivity contribution in [2.24, 2.45) is 0 Å². The summed E-state index contributed by atoms with van der Waals surface area (Å²) in [5.41, 5.74) is 0.779. The van der Waals surface area contributed by atoms with Gasteiger partial charge in [0.15, 0.2) is 0 Å². The zero-order valence-electron chi connectivity index (χ0n) is 12.0. The normalized spacial score (nSPS) is 10.7. The zero-order chi connectivity index (χ0) is 16.7. The fraction of sp³-hybridized carbons (Fsp3) is 0.118. The molecule has 2 rings (SSSR count). The van der Waals surface area contributed by atoms with E-state index in [9.17, 15) is 4.79 Å². The van der Waals surface area contributed by atoms with Gasteiger partial charge in [-0.3, -0.25) is 0 Å². The Hall–Kier alpha value is -2.17. The van der Waals surface area contributed by atoms with E-state index < -0.39 is 5.97 Å². The molecule has 2 aromatic rings. The van der Waals surface area contributed by atoms with Crippen LogP contribution in [0.5, 0.6) is 11.5 Å². The second kappa shape index (κ2) is 8.46. The number of ether oxygens (including phenoxy) is 2. The van der Waals surface area contributed by atoms with Crippen LogP contribution in [0.4, 0.5) is 0 Å². The molecule has 0 aliphatic carbocycles. The lowest BCUT2D eigenvalue weighted by atomic mass is 10.2. The molecular formula is C17H14Cl2O4. The summed E-state index contributed by atoms with van der Waals surface area (Å²) in [5, 5.41) is 9.60. The summed E-state index contributed by atoms with van der Waals surface area (Å²) >= 11 is 11.9. The minimum absolute atomic E-state index is 0.320. The molecule has 0 aromatic heterocycles. The summed E-state index contributed by atoms with van der Waals surface area (Å²) in [5.74, 6) is 0.192. The lowest BCUT2D eigenvalue weighted by Gasteiger charge is -2.10. The monoisotopic (exact) mass is 352 g/mol. The van der Waals surface area contributed by atoms with Gasteiger partial charge < -0.3 is 14.6 Å². The van der Waals surface area contributed by atoms with Gasteiger partial charge in [0, 0.05) is 17.2 Å². The fourth-order valence-electron chi connectivity index (χ4n) is 1.74. The van der Waals surface area contributed by atoms with Crippen molar-refractivity contribution in [2.45, 2.75) is 0 Å². The van der Waals surface area contributed by atoms with E-state index in [2.05, 4.69) is 0 Å². The number of carbonyl (C=O) groups is 1. The van der Waals surface area contributed by atoms with Crippen molar-refractivity contribution in [3.05, 3.63) is 64.1 Å². The maximum absolute atomic E-state index is 10.4. The lowest BCUT2D eigenvalue weighted by Crippen LogP contribution is -2.09. The Kier molecular flexibility index (Phi) is 6.32. The topological polar surface area (TPSA) is 55.8 Å². The first-order chi connectivity index (χ1) is 11.0. The van der Waals surface area contributed by atoms with E-state index in [0.717, 1.165) is 11.6 Å². The van der Waals surface area contributed by atoms with Crippen LogP contribution >= 0.6 is 23.2 Å². The summed E-state index contributed by atoms with van der Waals surface area (Å²) < 4.78 is 11.0. The van der Waals surface area contributed by atoms with Crippen molar-refractivity contribution >= 4 is 35.2 Å². The van der Waals surface area contributed by atoms with Gasteiger partial charge in [0.25, 0.3) is 0 Å². The number of hydrogen-bond acceptors (Lipinski definition) is 3. The SMILES string of the molecule is O=C(O)C=Cc1ccc(OCCOc2cc(Cl)ccc2Cl)cc1. The highest BCUT2D eigenvalue weighted by atomic mass is 35.5. The predicted octanol–water partition coefficient (Wildman–Crippen LogP) is 4.55. The maximum atomic E-state index is 10.4. The summed E-state index contributed by atoms with van der Waals surface area (Å²) in [4.78, 5) is 10.4. The van der Waals surface area contributed by atoms with E-state index in [4.69, 9.17) is 37.8 Å². The fourth-order valence-corrected chi connectivity index (χ4v) is 2.08. The lowest BCUT2D eigenvalue weighted by molar-refractivity contribution is -0.131. The van der Waals surface area contributed by atoms with Crippen molar-refractivity contribution in [3.8, 4) is 11.5 Å². The molecule has 0 saturated heterocycles. The zero-order valence-corrected chi connectivity index (χ0v) is 13.6. The highest BCUT2D eigenvalue weighted by molar-refractivity contribution is 6.34. The third-order valence-electron chi connectivity index (χ3n) is 2.80. The second-order valence-corrected chi connectivity index (χ2v) is 5.36. The van der Waals surface area contributed by atoms with Crippen molar-refractivity contribution in [1.29, 1.82) is 0 Å². The first-order valence-corrected chi connectivity index (χ1v) is 7.52. The van der Waals surface area contributed by atoms with Gasteiger partial charge >= 0.3 is 5.97 Å². The van der Waals surface area contributed by atoms with Crippen molar-refractivity contribution in [1.82, 2.24) is 0 Å². The van der Waals surface area contributed by atoms with Crippen LogP contribution in [0.2, 0.25) is 10.0 Å². The molecule has 23 heavy (non-hydrogen) atoms. The van der Waals surface area contributed by atoms with Gasteiger partial charge in [-0.15, -0.1) is 0 Å². The highest BCUT2D eigenvalue weighted by Gasteiger charge is 2.02. The van der Waals surface area contributed by atoms with E-state index in [0.29, 0.717) is 34.8 Å². The van der Waals surface area contributed by atoms with Crippen molar-refractivity contribution in [3.63, 3.8) is 0 Å². The summed E-state index contributed by atoms with van der Waals surface area (Å²) in [6.45, 7) is 0.661. The van der Waals surface area contributed by atoms with E-state index in [-0.39, 0.29) is 0 Å². The number of aliphatic carboxylic acids is 1. The van der Waals surface area contributed by atoms with Crippen LogP contribution in [0.25, 0.3) is 6.08 Å². The molecule has 0 bridgehead atoms. The van der Waals surface area contributed by atoms with Crippen LogP contribution in [0.15, 0.2) is 48.5 Å². The minimum atomic E-state index is -0.984. The van der Waals surface area contributed by atoms with Crippen LogP contribution in [0.3, 0.4) is 0 Å². The molecule has 0 heterocycles. The first-order valence-electron chi connectivity index (χ1n) is 6.76. The van der Waals surface area contributed by atoms with Crippen molar-refractivity contribution in [2.75, 3.05) is 13.2 Å². The number of halogens is 2. The summed E-state index contributed by atoms with van der Waals surface area (Å²) in [7, 11) is 0. The third-order valence-corrected chi connectivity index (χ3v) is 3.35. The van der Waals surface area contributed by atoms with Gasteiger partial charge in [-0.05, 0) is 35.9 Å². The second-order valence-electron chi connectivity index (χ2n) is 4.51. The molecule has 0 radical (unpaired) electrons. The van der Waals surface area contributed by atoms with E-state index in [1.807, 2.05) is 0 Å². The maximum Gasteiger partial charge on any atom is 0.328 e. The van der Waals surface area contributed by atoms with Crippen LogP contribution in [-0.4, -0.2) is 24.3 Å². The molecule has 0 spiro atoms. The molecule has 6 heteroatoms. The molecule has 120 valence electrons. The Morgan fingerprint density at radius 1 is 1.04 bits per heavy atom.